The Hall–Kier alpha value is -1.32. The zero-order valence-corrected chi connectivity index (χ0v) is 20.4. The Morgan fingerprint density at radius 1 is 1.03 bits per heavy atom. The second kappa shape index (κ2) is 1.92. The number of esters is 1. The maximum absolute atomic E-state index is 14.1. The molecule has 11 fully saturated rings. The van der Waals surface area contributed by atoms with E-state index < -0.39 is 17.5 Å². The standard InChI is InChI=1S/C22H26NO3.C5H5.Fe/c1-15-10-6-7-13-17(15)14-22(5)20(25)26-18(16-11-8-9-12-16)23(22)19(24)21(2,3)4;1-2-4-5-3-1;/h6-13,18H,14H2,1-5H3;1-5H;/t18-,22+;;/m0../s1. The molecule has 32 heavy (non-hydrogen) atoms. The van der Waals surface area contributed by atoms with Gasteiger partial charge in [-0.05, 0) is 0 Å². The molecule has 11 aliphatic heterocycles. The van der Waals surface area contributed by atoms with E-state index in [-0.39, 0.29) is 18.1 Å². The van der Waals surface area contributed by atoms with Gasteiger partial charge in [-0.15, -0.1) is 0 Å². The molecule has 12 rings (SSSR count). The van der Waals surface area contributed by atoms with Crippen LogP contribution in [-0.4, -0.2) is 28.5 Å². The van der Waals surface area contributed by atoms with E-state index in [1.165, 1.54) is 5.56 Å². The summed E-state index contributed by atoms with van der Waals surface area (Å²) in [4.78, 5) is 40.0. The summed E-state index contributed by atoms with van der Waals surface area (Å²) in [6.45, 7) is 6.60. The molecule has 0 aliphatic carbocycles. The minimum atomic E-state index is -3.57. The van der Waals surface area contributed by atoms with Gasteiger partial charge < -0.3 is 0 Å². The quantitative estimate of drug-likeness (QED) is 0.411. The van der Waals surface area contributed by atoms with Crippen LogP contribution in [0.5, 0.6) is 0 Å². The van der Waals surface area contributed by atoms with Gasteiger partial charge in [0, 0.05) is 0 Å². The Balaban J connectivity index is 1.09. The number of benzene rings is 1. The van der Waals surface area contributed by atoms with E-state index in [1.807, 2.05) is 39.8 Å². The molecule has 1 aromatic rings. The summed E-state index contributed by atoms with van der Waals surface area (Å²) in [6, 6.07) is 8.32. The van der Waals surface area contributed by atoms with Crippen molar-refractivity contribution in [3.05, 3.63) is 35.4 Å². The molecule has 1 aromatic carbocycles. The summed E-state index contributed by atoms with van der Waals surface area (Å²) >= 11 is 0. The van der Waals surface area contributed by atoms with Crippen molar-refractivity contribution >= 4 is 11.9 Å². The fourth-order valence-electron chi connectivity index (χ4n) is 20.0. The van der Waals surface area contributed by atoms with Crippen molar-refractivity contribution in [2.75, 3.05) is 0 Å². The first kappa shape index (κ1) is 15.6. The number of ether oxygens (including phenoxy) is 1. The van der Waals surface area contributed by atoms with Gasteiger partial charge in [-0.25, -0.2) is 0 Å². The predicted octanol–water partition coefficient (Wildman–Crippen LogP) is 5.81. The molecule has 11 aliphatic rings. The molecule has 0 aromatic heterocycles. The molecule has 0 radical (unpaired) electrons. The van der Waals surface area contributed by atoms with Crippen LogP contribution in [0.15, 0.2) is 24.3 Å². The Labute approximate surface area is 178 Å². The van der Waals surface area contributed by atoms with Gasteiger partial charge in [0.05, 0.1) is 0 Å². The molecule has 11 saturated heterocycles. The van der Waals surface area contributed by atoms with Crippen LogP contribution in [0.25, 0.3) is 0 Å². The van der Waals surface area contributed by atoms with Crippen molar-refractivity contribution in [1.29, 1.82) is 0 Å². The molecule has 5 heteroatoms. The van der Waals surface area contributed by atoms with Crippen molar-refractivity contribution in [3.8, 4) is 0 Å². The first-order valence-corrected chi connectivity index (χ1v) is 18.9. The molecule has 11 heterocycles. The average Bonchev–Trinajstić information content (AvgIpc) is 3.64. The summed E-state index contributed by atoms with van der Waals surface area (Å²) < 4.78 is 6.88. The number of carbonyl (C=O) groups excluding carboxylic acids is 2. The second-order valence-corrected chi connectivity index (χ2v) is 40.4. The maximum atomic E-state index is 14.1. The summed E-state index contributed by atoms with van der Waals surface area (Å²) in [5, 5.41) is 0. The van der Waals surface area contributed by atoms with Crippen LogP contribution in [0.1, 0.15) is 38.8 Å². The summed E-state index contributed by atoms with van der Waals surface area (Å²) in [5.41, 5.74) is 0.922. The predicted molar refractivity (Wildman–Crippen MR) is 116 cm³/mol. The van der Waals surface area contributed by atoms with Gasteiger partial charge in [-0.3, -0.25) is 0 Å². The van der Waals surface area contributed by atoms with Crippen molar-refractivity contribution in [2.45, 2.75) is 100 Å². The Morgan fingerprint density at radius 3 is 2.03 bits per heavy atom. The Bertz CT molecular complexity index is 1610. The molecule has 170 valence electrons. The summed E-state index contributed by atoms with van der Waals surface area (Å²) in [7, 11) is 0. The molecule has 0 saturated carbocycles. The number of fused-ring (bicyclic) bond motifs is 10. The van der Waals surface area contributed by atoms with E-state index in [4.69, 9.17) is 4.74 Å². The van der Waals surface area contributed by atoms with Crippen LogP contribution in [0, 0.1) is 12.3 Å². The number of rotatable bonds is 3. The number of cyclic esters (lactones) is 1. The van der Waals surface area contributed by atoms with Gasteiger partial charge in [-0.1, -0.05) is 0 Å². The van der Waals surface area contributed by atoms with E-state index in [0.29, 0.717) is 10.7 Å². The van der Waals surface area contributed by atoms with Crippen molar-refractivity contribution in [2.24, 2.45) is 5.41 Å². The van der Waals surface area contributed by atoms with E-state index in [2.05, 4.69) is 24.0 Å². The van der Waals surface area contributed by atoms with Gasteiger partial charge in [0.25, 0.3) is 0 Å². The number of carbonyl (C=O) groups is 2. The van der Waals surface area contributed by atoms with Gasteiger partial charge in [0.1, 0.15) is 0 Å². The van der Waals surface area contributed by atoms with Crippen LogP contribution >= 0.6 is 0 Å². The van der Waals surface area contributed by atoms with Crippen LogP contribution in [-0.2, 0) is 27.3 Å². The molecular formula is C27H31FeNO3. The van der Waals surface area contributed by atoms with Crippen molar-refractivity contribution in [3.63, 3.8) is 0 Å². The molecule has 4 nitrogen and oxygen atoms in total. The third kappa shape index (κ3) is 0.316. The minimum absolute atomic E-state index is 0.125. The van der Waals surface area contributed by atoms with Crippen LogP contribution < -0.4 is 0 Å². The summed E-state index contributed by atoms with van der Waals surface area (Å²) in [6.07, 6.45) is 0.328. The fourth-order valence-corrected chi connectivity index (χ4v) is 94.5. The average molecular weight is 473 g/mol. The van der Waals surface area contributed by atoms with E-state index >= 15 is 0 Å². The first-order valence-electron chi connectivity index (χ1n) is 12.6. The van der Waals surface area contributed by atoms with Crippen molar-refractivity contribution in [1.82, 2.24) is 4.90 Å². The summed E-state index contributed by atoms with van der Waals surface area (Å²) in [5.74, 6) is -0.0142. The second-order valence-electron chi connectivity index (χ2n) is 16.8. The Morgan fingerprint density at radius 2 is 1.59 bits per heavy atom. The molecule has 6 atom stereocenters. The van der Waals surface area contributed by atoms with Crippen LogP contribution in [0.3, 0.4) is 0 Å². The van der Waals surface area contributed by atoms with Gasteiger partial charge in [0.2, 0.25) is 0 Å². The fraction of sp³-hybridized carbons (Fsp3) is 0.704. The topological polar surface area (TPSA) is 46.6 Å². The number of amides is 1. The van der Waals surface area contributed by atoms with Gasteiger partial charge in [0.15, 0.2) is 0 Å². The van der Waals surface area contributed by atoms with Crippen molar-refractivity contribution < 1.29 is 20.8 Å². The number of nitrogens with zero attached hydrogens (tertiary/aromatic N) is 1. The van der Waals surface area contributed by atoms with Crippen LogP contribution in [0.2, 0.25) is 47.7 Å². The molecular weight excluding hydrogens is 442 g/mol. The number of hydrogen-bond donors (Lipinski definition) is 0. The number of hydrogen-bond acceptors (Lipinski definition) is 3. The van der Waals surface area contributed by atoms with Gasteiger partial charge in [-0.2, -0.15) is 0 Å². The van der Waals surface area contributed by atoms with Crippen LogP contribution in [0.4, 0.5) is 0 Å². The molecule has 0 bridgehead atoms. The van der Waals surface area contributed by atoms with E-state index in [1.54, 1.807) is 0 Å². The zero-order valence-electron chi connectivity index (χ0n) is 19.3. The zero-order chi connectivity index (χ0) is 21.7. The third-order valence-corrected chi connectivity index (χ3v) is 61.8. The molecule has 1 spiro atoms. The molecule has 1 amide bonds. The third-order valence-electron chi connectivity index (χ3n) is 19.2. The monoisotopic (exact) mass is 473 g/mol. The van der Waals surface area contributed by atoms with E-state index in [9.17, 15) is 9.59 Å². The SMILES string of the molecule is Cc1ccccc1C[C@]1(C)C(=O)O[C@@H]([C]23[CH]4[CH]5[CH]6[CH]2[Fe]56432789[CH]3[CH]2[CH]7[CH]8[CH]39)N1C(=O)C(C)(C)C. The molecule has 0 N–H and O–H groups in total. The van der Waals surface area contributed by atoms with Gasteiger partial charge >= 0.3 is 179 Å². The molecule has 4 unspecified atom stereocenters. The first-order chi connectivity index (χ1) is 14.8. The van der Waals surface area contributed by atoms with E-state index in [0.717, 1.165) is 48.9 Å². The normalized spacial score (nSPS) is 78.7. The number of aryl methyl sites for hydroxylation is 1. The Kier molecular flexibility index (Phi) is 0.935.